The molecule has 2 aromatic rings. The second-order valence-electron chi connectivity index (χ2n) is 9.23. The van der Waals surface area contributed by atoms with E-state index in [1.165, 1.54) is 36.1 Å². The van der Waals surface area contributed by atoms with Gasteiger partial charge in [0.15, 0.2) is 0 Å². The molecule has 1 heterocycles. The third kappa shape index (κ3) is 5.76. The van der Waals surface area contributed by atoms with Crippen molar-refractivity contribution in [3.05, 3.63) is 45.8 Å². The maximum Gasteiger partial charge on any atom is 0.254 e. The summed E-state index contributed by atoms with van der Waals surface area (Å²) in [6, 6.07) is 8.33. The fourth-order valence-corrected chi connectivity index (χ4v) is 5.66. The number of rotatable bonds is 7. The van der Waals surface area contributed by atoms with Crippen LogP contribution in [-0.4, -0.2) is 24.8 Å². The number of carbonyl (C=O) groups is 1. The molecule has 1 saturated carbocycles. The SMILES string of the molecule is CC(C)COc1ccc(C=Nc2sc3c(c2C(=O)NC2CCCCC2)CCCC3)cc1. The number of thiophene rings is 1. The van der Waals surface area contributed by atoms with E-state index in [4.69, 9.17) is 9.73 Å². The summed E-state index contributed by atoms with van der Waals surface area (Å²) >= 11 is 1.70. The van der Waals surface area contributed by atoms with Crippen molar-refractivity contribution in [2.24, 2.45) is 10.9 Å². The number of aliphatic imine (C=N–C) groups is 1. The highest BCUT2D eigenvalue weighted by Gasteiger charge is 2.27. The smallest absolute Gasteiger partial charge is 0.254 e. The summed E-state index contributed by atoms with van der Waals surface area (Å²) in [5.74, 6) is 1.46. The zero-order chi connectivity index (χ0) is 21.6. The van der Waals surface area contributed by atoms with Crippen LogP contribution in [0.5, 0.6) is 5.75 Å². The van der Waals surface area contributed by atoms with Gasteiger partial charge in [-0.1, -0.05) is 33.1 Å². The second-order valence-corrected chi connectivity index (χ2v) is 10.3. The molecule has 166 valence electrons. The monoisotopic (exact) mass is 438 g/mol. The lowest BCUT2D eigenvalue weighted by Gasteiger charge is -2.23. The molecule has 31 heavy (non-hydrogen) atoms. The first kappa shape index (κ1) is 22.1. The minimum Gasteiger partial charge on any atom is -0.493 e. The summed E-state index contributed by atoms with van der Waals surface area (Å²) in [6.45, 7) is 5.00. The fraction of sp³-hybridized carbons (Fsp3) is 0.538. The van der Waals surface area contributed by atoms with Crippen molar-refractivity contribution in [1.29, 1.82) is 0 Å². The number of hydrogen-bond donors (Lipinski definition) is 1. The molecule has 0 unspecified atom stereocenters. The Bertz CT molecular complexity index is 908. The normalized spacial score (nSPS) is 17.1. The van der Waals surface area contributed by atoms with Crippen LogP contribution in [0.3, 0.4) is 0 Å². The van der Waals surface area contributed by atoms with Gasteiger partial charge in [-0.15, -0.1) is 11.3 Å². The number of amides is 1. The largest absolute Gasteiger partial charge is 0.493 e. The van der Waals surface area contributed by atoms with Crippen molar-refractivity contribution in [2.45, 2.75) is 77.7 Å². The Hall–Kier alpha value is -2.14. The van der Waals surface area contributed by atoms with E-state index in [-0.39, 0.29) is 5.91 Å². The molecule has 1 N–H and O–H groups in total. The molecule has 0 radical (unpaired) electrons. The summed E-state index contributed by atoms with van der Waals surface area (Å²) in [6.07, 6.45) is 12.2. The molecule has 0 aliphatic heterocycles. The lowest BCUT2D eigenvalue weighted by Crippen LogP contribution is -2.36. The van der Waals surface area contributed by atoms with E-state index < -0.39 is 0 Å². The van der Waals surface area contributed by atoms with Crippen LogP contribution in [-0.2, 0) is 12.8 Å². The molecule has 2 aliphatic rings. The van der Waals surface area contributed by atoms with Crippen molar-refractivity contribution in [3.8, 4) is 5.75 Å². The Morgan fingerprint density at radius 3 is 2.61 bits per heavy atom. The molecule has 4 nitrogen and oxygen atoms in total. The van der Waals surface area contributed by atoms with Crippen LogP contribution < -0.4 is 10.1 Å². The lowest BCUT2D eigenvalue weighted by atomic mass is 9.93. The zero-order valence-corrected chi connectivity index (χ0v) is 19.6. The summed E-state index contributed by atoms with van der Waals surface area (Å²) < 4.78 is 5.77. The molecule has 2 aliphatic carbocycles. The highest BCUT2D eigenvalue weighted by atomic mass is 32.1. The van der Waals surface area contributed by atoms with Gasteiger partial charge in [-0.3, -0.25) is 4.79 Å². The number of ether oxygens (including phenoxy) is 1. The van der Waals surface area contributed by atoms with E-state index in [1.54, 1.807) is 11.3 Å². The summed E-state index contributed by atoms with van der Waals surface area (Å²) in [7, 11) is 0. The Morgan fingerprint density at radius 1 is 1.13 bits per heavy atom. The van der Waals surface area contributed by atoms with Crippen molar-refractivity contribution < 1.29 is 9.53 Å². The van der Waals surface area contributed by atoms with Crippen molar-refractivity contribution in [3.63, 3.8) is 0 Å². The molecular formula is C26H34N2O2S. The van der Waals surface area contributed by atoms with Gasteiger partial charge in [-0.25, -0.2) is 4.99 Å². The van der Waals surface area contributed by atoms with Crippen molar-refractivity contribution >= 4 is 28.5 Å². The highest BCUT2D eigenvalue weighted by molar-refractivity contribution is 7.16. The van der Waals surface area contributed by atoms with Crippen LogP contribution in [0, 0.1) is 5.92 Å². The fourth-order valence-electron chi connectivity index (χ4n) is 4.43. The van der Waals surface area contributed by atoms with Gasteiger partial charge in [0.1, 0.15) is 10.8 Å². The van der Waals surface area contributed by atoms with Crippen molar-refractivity contribution in [2.75, 3.05) is 6.61 Å². The van der Waals surface area contributed by atoms with Gasteiger partial charge < -0.3 is 10.1 Å². The van der Waals surface area contributed by atoms with E-state index in [0.717, 1.165) is 54.0 Å². The molecular weight excluding hydrogens is 404 g/mol. The minimum absolute atomic E-state index is 0.0795. The van der Waals surface area contributed by atoms with Crippen LogP contribution in [0.15, 0.2) is 29.3 Å². The van der Waals surface area contributed by atoms with Crippen LogP contribution in [0.25, 0.3) is 0 Å². The van der Waals surface area contributed by atoms with Gasteiger partial charge in [-0.05, 0) is 79.8 Å². The number of aryl methyl sites for hydroxylation is 1. The molecule has 0 atom stereocenters. The molecule has 4 rings (SSSR count). The van der Waals surface area contributed by atoms with Gasteiger partial charge in [-0.2, -0.15) is 0 Å². The van der Waals surface area contributed by atoms with Gasteiger partial charge in [0, 0.05) is 17.1 Å². The number of benzene rings is 1. The molecule has 1 aromatic heterocycles. The third-order valence-electron chi connectivity index (χ3n) is 6.11. The van der Waals surface area contributed by atoms with Gasteiger partial charge >= 0.3 is 0 Å². The standard InChI is InChI=1S/C26H34N2O2S/c1-18(2)17-30-21-14-12-19(13-15-21)16-27-26-24(22-10-6-7-11-23(22)31-26)25(29)28-20-8-4-3-5-9-20/h12-16,18,20H,3-11,17H2,1-2H3,(H,28,29). The average Bonchev–Trinajstić information content (AvgIpc) is 3.16. The van der Waals surface area contributed by atoms with E-state index in [0.29, 0.717) is 18.6 Å². The molecule has 1 aromatic carbocycles. The Balaban J connectivity index is 1.52. The molecule has 5 heteroatoms. The maximum atomic E-state index is 13.3. The highest BCUT2D eigenvalue weighted by Crippen LogP contribution is 2.40. The minimum atomic E-state index is 0.0795. The average molecular weight is 439 g/mol. The van der Waals surface area contributed by atoms with Crippen LogP contribution in [0.2, 0.25) is 0 Å². The number of carbonyl (C=O) groups excluding carboxylic acids is 1. The molecule has 0 saturated heterocycles. The second kappa shape index (κ2) is 10.4. The van der Waals surface area contributed by atoms with Gasteiger partial charge in [0.05, 0.1) is 12.2 Å². The Kier molecular flexibility index (Phi) is 7.44. The zero-order valence-electron chi connectivity index (χ0n) is 18.8. The molecule has 1 amide bonds. The van der Waals surface area contributed by atoms with E-state index in [9.17, 15) is 4.79 Å². The number of fused-ring (bicyclic) bond motifs is 1. The van der Waals surface area contributed by atoms with Crippen LogP contribution in [0.4, 0.5) is 5.00 Å². The Labute approximate surface area is 190 Å². The van der Waals surface area contributed by atoms with E-state index in [2.05, 4.69) is 19.2 Å². The predicted molar refractivity (Wildman–Crippen MR) is 129 cm³/mol. The number of nitrogens with one attached hydrogen (secondary N) is 1. The first-order valence-corrected chi connectivity index (χ1v) is 12.6. The summed E-state index contributed by atoms with van der Waals surface area (Å²) in [4.78, 5) is 19.4. The first-order valence-electron chi connectivity index (χ1n) is 11.8. The summed E-state index contributed by atoms with van der Waals surface area (Å²) in [5, 5.41) is 4.18. The van der Waals surface area contributed by atoms with Crippen LogP contribution in [0.1, 0.15) is 85.2 Å². The number of hydrogen-bond acceptors (Lipinski definition) is 4. The summed E-state index contributed by atoms with van der Waals surface area (Å²) in [5.41, 5.74) is 3.09. The third-order valence-corrected chi connectivity index (χ3v) is 7.31. The van der Waals surface area contributed by atoms with E-state index >= 15 is 0 Å². The lowest BCUT2D eigenvalue weighted by molar-refractivity contribution is 0.0927. The topological polar surface area (TPSA) is 50.7 Å². The molecule has 1 fully saturated rings. The van der Waals surface area contributed by atoms with Gasteiger partial charge in [0.25, 0.3) is 5.91 Å². The quantitative estimate of drug-likeness (QED) is 0.503. The van der Waals surface area contributed by atoms with Gasteiger partial charge in [0.2, 0.25) is 0 Å². The maximum absolute atomic E-state index is 13.3. The molecule has 0 bridgehead atoms. The number of nitrogens with zero attached hydrogens (tertiary/aromatic N) is 1. The van der Waals surface area contributed by atoms with E-state index in [1.807, 2.05) is 30.5 Å². The van der Waals surface area contributed by atoms with Crippen LogP contribution >= 0.6 is 11.3 Å². The first-order chi connectivity index (χ1) is 15.1. The Morgan fingerprint density at radius 2 is 1.87 bits per heavy atom. The predicted octanol–water partition coefficient (Wildman–Crippen LogP) is 6.47. The van der Waals surface area contributed by atoms with Crippen molar-refractivity contribution in [1.82, 2.24) is 5.32 Å². The molecule has 0 spiro atoms.